The predicted octanol–water partition coefficient (Wildman–Crippen LogP) is 3.26. The minimum absolute atomic E-state index is 0.0144. The zero-order chi connectivity index (χ0) is 24.3. The molecule has 0 saturated heterocycles. The summed E-state index contributed by atoms with van der Waals surface area (Å²) in [5.41, 5.74) is -0.553. The summed E-state index contributed by atoms with van der Waals surface area (Å²) in [4.78, 5) is 51.4. The van der Waals surface area contributed by atoms with Gasteiger partial charge in [-0.05, 0) is 47.6 Å². The lowest BCUT2D eigenvalue weighted by atomic mass is 10.0. The summed E-state index contributed by atoms with van der Waals surface area (Å²) < 4.78 is 16.1. The fourth-order valence-electron chi connectivity index (χ4n) is 3.30. The van der Waals surface area contributed by atoms with E-state index in [0.29, 0.717) is 11.3 Å². The van der Waals surface area contributed by atoms with Gasteiger partial charge in [-0.15, -0.1) is 0 Å². The number of carbonyl (C=O) groups excluding carboxylic acids is 4. The summed E-state index contributed by atoms with van der Waals surface area (Å²) in [5, 5.41) is 2.56. The highest BCUT2D eigenvalue weighted by atomic mass is 16.6. The minimum atomic E-state index is -1.09. The third-order valence-electron chi connectivity index (χ3n) is 4.29. The first-order chi connectivity index (χ1) is 14.7. The van der Waals surface area contributed by atoms with E-state index in [2.05, 4.69) is 5.32 Å². The Morgan fingerprint density at radius 1 is 1.03 bits per heavy atom. The zero-order valence-corrected chi connectivity index (χ0v) is 19.7. The maximum absolute atomic E-state index is 13.4. The van der Waals surface area contributed by atoms with Gasteiger partial charge in [0.05, 0.1) is 5.69 Å². The highest BCUT2D eigenvalue weighted by molar-refractivity contribution is 6.03. The lowest BCUT2D eigenvalue weighted by molar-refractivity contribution is -0.153. The van der Waals surface area contributed by atoms with E-state index in [0.717, 1.165) is 0 Å². The first-order valence-electron chi connectivity index (χ1n) is 10.4. The van der Waals surface area contributed by atoms with Crippen molar-refractivity contribution in [2.24, 2.45) is 0 Å². The molecule has 0 aromatic heterocycles. The number of para-hydroxylation sites is 1. The Balaban J connectivity index is 2.43. The monoisotopic (exact) mass is 448 g/mol. The van der Waals surface area contributed by atoms with Crippen molar-refractivity contribution in [3.8, 4) is 0 Å². The molecule has 0 fully saturated rings. The molecular weight excluding hydrogens is 416 g/mol. The van der Waals surface area contributed by atoms with Crippen LogP contribution in [0.2, 0.25) is 0 Å². The number of nitrogens with one attached hydrogen (secondary N) is 1. The maximum Gasteiger partial charge on any atom is 0.408 e. The molecule has 1 aliphatic rings. The molecule has 1 N–H and O–H groups in total. The van der Waals surface area contributed by atoms with Crippen molar-refractivity contribution in [1.29, 1.82) is 0 Å². The molecule has 2 atom stereocenters. The molecule has 1 aromatic carbocycles. The van der Waals surface area contributed by atoms with Crippen LogP contribution >= 0.6 is 0 Å². The maximum atomic E-state index is 13.4. The predicted molar refractivity (Wildman–Crippen MR) is 117 cm³/mol. The largest absolute Gasteiger partial charge is 0.459 e. The number of amides is 2. The summed E-state index contributed by atoms with van der Waals surface area (Å²) in [6, 6.07) is 5.73. The van der Waals surface area contributed by atoms with E-state index >= 15 is 0 Å². The van der Waals surface area contributed by atoms with Gasteiger partial charge in [0.2, 0.25) is 5.91 Å². The number of esters is 2. The van der Waals surface area contributed by atoms with E-state index in [1.807, 2.05) is 0 Å². The summed E-state index contributed by atoms with van der Waals surface area (Å²) in [7, 11) is 0. The number of benzene rings is 1. The van der Waals surface area contributed by atoms with Crippen LogP contribution in [0, 0.1) is 0 Å². The van der Waals surface area contributed by atoms with Gasteiger partial charge >= 0.3 is 18.0 Å². The molecule has 32 heavy (non-hydrogen) atoms. The van der Waals surface area contributed by atoms with Crippen LogP contribution in [0.25, 0.3) is 0 Å². The van der Waals surface area contributed by atoms with E-state index in [1.54, 1.807) is 65.8 Å². The van der Waals surface area contributed by atoms with Gasteiger partial charge in [0.25, 0.3) is 0 Å². The molecule has 0 aliphatic carbocycles. The molecule has 1 heterocycles. The lowest BCUT2D eigenvalue weighted by Crippen LogP contribution is -2.51. The standard InChI is InChI=1S/C23H32N2O7/c1-14(26)30-18-12-16(24-21(29)32-23(5,6)7)20(28)25(13-19(27)31-22(2,3)4)17-11-9-8-10-15(17)18/h8-11,16,18H,12-13H2,1-7H3,(H,24,29)/t16-,18?/m0/s1. The van der Waals surface area contributed by atoms with Gasteiger partial charge in [0.15, 0.2) is 0 Å². The molecule has 9 nitrogen and oxygen atoms in total. The first kappa shape index (κ1) is 25.2. The van der Waals surface area contributed by atoms with E-state index in [-0.39, 0.29) is 13.0 Å². The molecule has 0 bridgehead atoms. The number of nitrogens with zero attached hydrogens (tertiary/aromatic N) is 1. The van der Waals surface area contributed by atoms with Crippen molar-refractivity contribution in [3.63, 3.8) is 0 Å². The Morgan fingerprint density at radius 3 is 2.19 bits per heavy atom. The molecule has 0 spiro atoms. The normalized spacial score (nSPS) is 18.8. The summed E-state index contributed by atoms with van der Waals surface area (Å²) in [5.74, 6) is -1.68. The van der Waals surface area contributed by atoms with Crippen LogP contribution in [-0.4, -0.2) is 47.7 Å². The van der Waals surface area contributed by atoms with Crippen molar-refractivity contribution in [2.75, 3.05) is 11.4 Å². The van der Waals surface area contributed by atoms with Gasteiger partial charge in [-0.25, -0.2) is 4.79 Å². The second kappa shape index (κ2) is 9.58. The van der Waals surface area contributed by atoms with Crippen LogP contribution < -0.4 is 10.2 Å². The van der Waals surface area contributed by atoms with E-state index in [4.69, 9.17) is 14.2 Å². The van der Waals surface area contributed by atoms with Gasteiger partial charge in [0, 0.05) is 18.9 Å². The summed E-state index contributed by atoms with van der Waals surface area (Å²) in [6.07, 6.45) is -1.61. The SMILES string of the molecule is CC(=O)OC1C[C@H](NC(=O)OC(C)(C)C)C(=O)N(CC(=O)OC(C)(C)C)c2ccccc21. The third-order valence-corrected chi connectivity index (χ3v) is 4.29. The molecule has 0 radical (unpaired) electrons. The van der Waals surface area contributed by atoms with Crippen molar-refractivity contribution in [3.05, 3.63) is 29.8 Å². The van der Waals surface area contributed by atoms with Crippen molar-refractivity contribution < 1.29 is 33.4 Å². The fraction of sp³-hybridized carbons (Fsp3) is 0.565. The molecule has 1 unspecified atom stereocenters. The number of carbonyl (C=O) groups is 4. The average Bonchev–Trinajstić information content (AvgIpc) is 2.69. The van der Waals surface area contributed by atoms with Crippen molar-refractivity contribution in [2.45, 2.75) is 78.2 Å². The Hall–Kier alpha value is -3.10. The Labute approximate surface area is 188 Å². The molecule has 9 heteroatoms. The van der Waals surface area contributed by atoms with E-state index < -0.39 is 47.3 Å². The molecule has 1 aromatic rings. The molecular formula is C23H32N2O7. The number of fused-ring (bicyclic) bond motifs is 1. The molecule has 2 amide bonds. The summed E-state index contributed by atoms with van der Waals surface area (Å²) >= 11 is 0. The quantitative estimate of drug-likeness (QED) is 0.556. The van der Waals surface area contributed by atoms with Crippen molar-refractivity contribution in [1.82, 2.24) is 5.32 Å². The number of hydrogen-bond acceptors (Lipinski definition) is 7. The number of ether oxygens (including phenoxy) is 3. The topological polar surface area (TPSA) is 111 Å². The van der Waals surface area contributed by atoms with Crippen LogP contribution in [0.5, 0.6) is 0 Å². The molecule has 2 rings (SSSR count). The first-order valence-corrected chi connectivity index (χ1v) is 10.4. The van der Waals surface area contributed by atoms with Gasteiger partial charge in [-0.2, -0.15) is 0 Å². The number of rotatable bonds is 4. The third kappa shape index (κ3) is 7.25. The van der Waals surface area contributed by atoms with Gasteiger partial charge in [-0.3, -0.25) is 19.3 Å². The number of anilines is 1. The van der Waals surface area contributed by atoms with Crippen LogP contribution in [0.3, 0.4) is 0 Å². The van der Waals surface area contributed by atoms with Crippen molar-refractivity contribution >= 4 is 29.6 Å². The van der Waals surface area contributed by atoms with E-state index in [9.17, 15) is 19.2 Å². The highest BCUT2D eigenvalue weighted by Crippen LogP contribution is 2.36. The fourth-order valence-corrected chi connectivity index (χ4v) is 3.30. The Kier molecular flexibility index (Phi) is 7.54. The zero-order valence-electron chi connectivity index (χ0n) is 19.7. The Bertz CT molecular complexity index is 883. The van der Waals surface area contributed by atoms with E-state index in [1.165, 1.54) is 11.8 Å². The van der Waals surface area contributed by atoms with Gasteiger partial charge in [-0.1, -0.05) is 18.2 Å². The van der Waals surface area contributed by atoms with Crippen LogP contribution in [0.1, 0.15) is 66.6 Å². The number of hydrogen-bond donors (Lipinski definition) is 1. The second-order valence-corrected chi connectivity index (χ2v) is 9.60. The molecule has 0 saturated carbocycles. The highest BCUT2D eigenvalue weighted by Gasteiger charge is 2.39. The Morgan fingerprint density at radius 2 is 1.62 bits per heavy atom. The summed E-state index contributed by atoms with van der Waals surface area (Å²) in [6.45, 7) is 11.2. The second-order valence-electron chi connectivity index (χ2n) is 9.60. The minimum Gasteiger partial charge on any atom is -0.459 e. The van der Waals surface area contributed by atoms with Crippen LogP contribution in [-0.2, 0) is 28.6 Å². The lowest BCUT2D eigenvalue weighted by Gasteiger charge is -2.28. The molecule has 176 valence electrons. The van der Waals surface area contributed by atoms with Gasteiger partial charge in [0.1, 0.15) is 29.9 Å². The smallest absolute Gasteiger partial charge is 0.408 e. The van der Waals surface area contributed by atoms with Crippen LogP contribution in [0.4, 0.5) is 10.5 Å². The van der Waals surface area contributed by atoms with Gasteiger partial charge < -0.3 is 19.5 Å². The average molecular weight is 449 g/mol. The molecule has 1 aliphatic heterocycles. The number of alkyl carbamates (subject to hydrolysis) is 1. The van der Waals surface area contributed by atoms with Crippen LogP contribution in [0.15, 0.2) is 24.3 Å².